The third-order valence-corrected chi connectivity index (χ3v) is 3.73. The first-order valence-corrected chi connectivity index (χ1v) is 8.47. The summed E-state index contributed by atoms with van der Waals surface area (Å²) in [6.45, 7) is 2.21. The van der Waals surface area contributed by atoms with Crippen molar-refractivity contribution in [1.29, 1.82) is 0 Å². The van der Waals surface area contributed by atoms with Gasteiger partial charge in [0.2, 0.25) is 11.8 Å². The number of hydrogen-bond donors (Lipinski definition) is 3. The molecule has 5 heteroatoms. The van der Waals surface area contributed by atoms with Gasteiger partial charge in [-0.05, 0) is 24.1 Å². The summed E-state index contributed by atoms with van der Waals surface area (Å²) in [5.41, 5.74) is 3.10. The first kappa shape index (κ1) is 19.2. The van der Waals surface area contributed by atoms with Crippen LogP contribution in [0.3, 0.4) is 0 Å². The van der Waals surface area contributed by atoms with E-state index in [0.29, 0.717) is 6.42 Å². The van der Waals surface area contributed by atoms with Gasteiger partial charge in [0.05, 0.1) is 6.42 Å². The minimum Gasteiger partial charge on any atom is -0.326 e. The number of carbonyl (C=O) groups excluding carboxylic acids is 2. The fraction of sp³-hybridized carbons (Fsp3) is 0.556. The number of carbonyl (C=O) groups is 2. The lowest BCUT2D eigenvalue weighted by Gasteiger charge is -2.06. The number of amides is 2. The van der Waals surface area contributed by atoms with E-state index in [-0.39, 0.29) is 12.3 Å². The van der Waals surface area contributed by atoms with Gasteiger partial charge in [-0.15, -0.1) is 0 Å². The number of unbranched alkanes of at least 4 members (excludes halogenated alkanes) is 6. The van der Waals surface area contributed by atoms with Crippen molar-refractivity contribution in [2.24, 2.45) is 0 Å². The Bertz CT molecular complexity index is 472. The Balaban J connectivity index is 2.20. The van der Waals surface area contributed by atoms with Crippen molar-refractivity contribution in [1.82, 2.24) is 5.48 Å². The maximum absolute atomic E-state index is 11.8. The highest BCUT2D eigenvalue weighted by molar-refractivity contribution is 5.90. The second kappa shape index (κ2) is 11.7. The Morgan fingerprint density at radius 1 is 0.913 bits per heavy atom. The molecule has 23 heavy (non-hydrogen) atoms. The van der Waals surface area contributed by atoms with Gasteiger partial charge in [-0.25, -0.2) is 5.48 Å². The standard InChI is InChI=1S/C18H28N2O3/c1-2-3-4-5-6-7-8-9-17(21)19-16-12-10-15(11-13-16)14-18(22)20-23/h10-13,23H,2-9,14H2,1H3,(H,19,21)(H,20,22). The van der Waals surface area contributed by atoms with Crippen LogP contribution in [0.5, 0.6) is 0 Å². The molecule has 0 atom stereocenters. The molecule has 0 spiro atoms. The number of hydrogen-bond acceptors (Lipinski definition) is 3. The second-order valence-electron chi connectivity index (χ2n) is 5.83. The van der Waals surface area contributed by atoms with Crippen LogP contribution in [0.25, 0.3) is 0 Å². The van der Waals surface area contributed by atoms with Crippen LogP contribution in [0, 0.1) is 0 Å². The fourth-order valence-corrected chi connectivity index (χ4v) is 2.40. The van der Waals surface area contributed by atoms with E-state index < -0.39 is 5.91 Å². The SMILES string of the molecule is CCCCCCCCCC(=O)Nc1ccc(CC(=O)NO)cc1. The molecule has 5 nitrogen and oxygen atoms in total. The summed E-state index contributed by atoms with van der Waals surface area (Å²) in [6.07, 6.45) is 9.00. The molecule has 0 aliphatic heterocycles. The van der Waals surface area contributed by atoms with E-state index in [1.807, 2.05) is 0 Å². The first-order valence-electron chi connectivity index (χ1n) is 8.47. The summed E-state index contributed by atoms with van der Waals surface area (Å²) in [7, 11) is 0. The maximum Gasteiger partial charge on any atom is 0.247 e. The molecule has 0 fully saturated rings. The van der Waals surface area contributed by atoms with Crippen LogP contribution in [-0.4, -0.2) is 17.0 Å². The van der Waals surface area contributed by atoms with Crippen LogP contribution in [0.2, 0.25) is 0 Å². The third-order valence-electron chi connectivity index (χ3n) is 3.73. The number of anilines is 1. The molecule has 1 aromatic rings. The molecule has 0 aliphatic carbocycles. The molecule has 128 valence electrons. The monoisotopic (exact) mass is 320 g/mol. The van der Waals surface area contributed by atoms with Crippen molar-refractivity contribution in [3.8, 4) is 0 Å². The predicted molar refractivity (Wildman–Crippen MR) is 91.3 cm³/mol. The highest BCUT2D eigenvalue weighted by Gasteiger charge is 2.04. The van der Waals surface area contributed by atoms with Crippen LogP contribution in [-0.2, 0) is 16.0 Å². The quantitative estimate of drug-likeness (QED) is 0.329. The summed E-state index contributed by atoms with van der Waals surface area (Å²) in [6, 6.07) is 7.06. The number of hydroxylamine groups is 1. The number of benzene rings is 1. The van der Waals surface area contributed by atoms with Crippen LogP contribution in [0.4, 0.5) is 5.69 Å². The van der Waals surface area contributed by atoms with E-state index in [1.165, 1.54) is 32.1 Å². The van der Waals surface area contributed by atoms with Crippen molar-refractivity contribution in [3.05, 3.63) is 29.8 Å². The van der Waals surface area contributed by atoms with Gasteiger partial charge in [0.15, 0.2) is 0 Å². The zero-order chi connectivity index (χ0) is 16.9. The molecule has 0 heterocycles. The highest BCUT2D eigenvalue weighted by Crippen LogP contribution is 2.12. The summed E-state index contributed by atoms with van der Waals surface area (Å²) < 4.78 is 0. The normalized spacial score (nSPS) is 10.3. The predicted octanol–water partition coefficient (Wildman–Crippen LogP) is 3.81. The van der Waals surface area contributed by atoms with E-state index in [2.05, 4.69) is 12.2 Å². The lowest BCUT2D eigenvalue weighted by molar-refractivity contribution is -0.128. The Morgan fingerprint density at radius 2 is 1.52 bits per heavy atom. The Kier molecular flexibility index (Phi) is 9.71. The number of rotatable bonds is 11. The van der Waals surface area contributed by atoms with E-state index in [9.17, 15) is 9.59 Å². The van der Waals surface area contributed by atoms with E-state index >= 15 is 0 Å². The molecule has 0 saturated heterocycles. The molecule has 0 aromatic heterocycles. The third kappa shape index (κ3) is 8.98. The Labute approximate surface area is 138 Å². The molecule has 1 rings (SSSR count). The first-order chi connectivity index (χ1) is 11.2. The largest absolute Gasteiger partial charge is 0.326 e. The van der Waals surface area contributed by atoms with Gasteiger partial charge in [0.25, 0.3) is 0 Å². The maximum atomic E-state index is 11.8. The van der Waals surface area contributed by atoms with Crippen molar-refractivity contribution in [2.75, 3.05) is 5.32 Å². The van der Waals surface area contributed by atoms with Crippen LogP contribution >= 0.6 is 0 Å². The van der Waals surface area contributed by atoms with Gasteiger partial charge >= 0.3 is 0 Å². The minimum absolute atomic E-state index is 0.0272. The van der Waals surface area contributed by atoms with E-state index in [4.69, 9.17) is 5.21 Å². The van der Waals surface area contributed by atoms with Crippen LogP contribution in [0.1, 0.15) is 63.9 Å². The van der Waals surface area contributed by atoms with Crippen molar-refractivity contribution in [3.63, 3.8) is 0 Å². The molecule has 0 radical (unpaired) electrons. The molecule has 3 N–H and O–H groups in total. The van der Waals surface area contributed by atoms with Gasteiger partial charge in [-0.1, -0.05) is 57.6 Å². The lowest BCUT2D eigenvalue weighted by atomic mass is 10.1. The molecule has 1 aromatic carbocycles. The lowest BCUT2D eigenvalue weighted by Crippen LogP contribution is -2.20. The average molecular weight is 320 g/mol. The topological polar surface area (TPSA) is 78.4 Å². The van der Waals surface area contributed by atoms with Gasteiger partial charge < -0.3 is 5.32 Å². The van der Waals surface area contributed by atoms with Crippen molar-refractivity contribution >= 4 is 17.5 Å². The van der Waals surface area contributed by atoms with Crippen LogP contribution in [0.15, 0.2) is 24.3 Å². The average Bonchev–Trinajstić information content (AvgIpc) is 2.55. The zero-order valence-corrected chi connectivity index (χ0v) is 13.9. The summed E-state index contributed by atoms with van der Waals surface area (Å²) in [5, 5.41) is 11.3. The molecular formula is C18H28N2O3. The van der Waals surface area contributed by atoms with Crippen molar-refractivity contribution < 1.29 is 14.8 Å². The molecule has 0 unspecified atom stereocenters. The van der Waals surface area contributed by atoms with Gasteiger partial charge in [-0.3, -0.25) is 14.8 Å². The Hall–Kier alpha value is -1.88. The Morgan fingerprint density at radius 3 is 2.13 bits per heavy atom. The minimum atomic E-state index is -0.458. The number of nitrogens with one attached hydrogen (secondary N) is 2. The second-order valence-corrected chi connectivity index (χ2v) is 5.83. The summed E-state index contributed by atoms with van der Waals surface area (Å²) in [5.74, 6) is -0.430. The summed E-state index contributed by atoms with van der Waals surface area (Å²) >= 11 is 0. The molecular weight excluding hydrogens is 292 g/mol. The van der Waals surface area contributed by atoms with Gasteiger partial charge in [0.1, 0.15) is 0 Å². The highest BCUT2D eigenvalue weighted by atomic mass is 16.5. The van der Waals surface area contributed by atoms with Crippen molar-refractivity contribution in [2.45, 2.75) is 64.7 Å². The van der Waals surface area contributed by atoms with E-state index in [0.717, 1.165) is 24.1 Å². The molecule has 0 aliphatic rings. The smallest absolute Gasteiger partial charge is 0.247 e. The molecule has 0 bridgehead atoms. The zero-order valence-electron chi connectivity index (χ0n) is 13.9. The summed E-state index contributed by atoms with van der Waals surface area (Å²) in [4.78, 5) is 22.9. The molecule has 0 saturated carbocycles. The van der Waals surface area contributed by atoms with E-state index in [1.54, 1.807) is 29.7 Å². The molecule has 2 amide bonds. The van der Waals surface area contributed by atoms with Gasteiger partial charge in [-0.2, -0.15) is 0 Å². The fourth-order valence-electron chi connectivity index (χ4n) is 2.40. The van der Waals surface area contributed by atoms with Gasteiger partial charge in [0, 0.05) is 12.1 Å². The van der Waals surface area contributed by atoms with Crippen LogP contribution < -0.4 is 10.8 Å².